The molecule has 0 aromatic heterocycles. The standard InChI is InChI=1S/C32H23F2N3O2/c33-26-11-7-20(8-12-26)22-3-1-5-29(18-22)36-31(38)24-15-25(17-28(35)16-24)32(39)37-30-6-2-4-23(19-30)21-9-13-27(34)14-10-21/h1-19H,35H2,(H,36,38)(H,37,39). The number of nitrogens with two attached hydrogens (primary N) is 1. The van der Waals surface area contributed by atoms with E-state index in [1.54, 1.807) is 60.7 Å². The highest BCUT2D eigenvalue weighted by molar-refractivity contribution is 6.09. The highest BCUT2D eigenvalue weighted by Gasteiger charge is 2.14. The third-order valence-corrected chi connectivity index (χ3v) is 6.08. The summed E-state index contributed by atoms with van der Waals surface area (Å²) in [5.41, 5.74) is 11.0. The summed E-state index contributed by atoms with van der Waals surface area (Å²) in [6, 6.07) is 30.9. The number of rotatable bonds is 6. The van der Waals surface area contributed by atoms with Gasteiger partial charge in [-0.05, 0) is 89.0 Å². The normalized spacial score (nSPS) is 10.6. The summed E-state index contributed by atoms with van der Waals surface area (Å²) in [4.78, 5) is 26.1. The lowest BCUT2D eigenvalue weighted by Crippen LogP contribution is -2.16. The van der Waals surface area contributed by atoms with Crippen LogP contribution in [0.4, 0.5) is 25.8 Å². The van der Waals surface area contributed by atoms with E-state index in [1.807, 2.05) is 12.1 Å². The Balaban J connectivity index is 1.32. The summed E-state index contributed by atoms with van der Waals surface area (Å²) in [5.74, 6) is -1.53. The number of hydrogen-bond acceptors (Lipinski definition) is 3. The highest BCUT2D eigenvalue weighted by atomic mass is 19.1. The molecule has 0 bridgehead atoms. The van der Waals surface area contributed by atoms with Crippen molar-refractivity contribution in [3.63, 3.8) is 0 Å². The zero-order chi connectivity index (χ0) is 27.4. The summed E-state index contributed by atoms with van der Waals surface area (Å²) in [6.07, 6.45) is 0. The topological polar surface area (TPSA) is 84.2 Å². The van der Waals surface area contributed by atoms with Crippen LogP contribution in [0.3, 0.4) is 0 Å². The van der Waals surface area contributed by atoms with E-state index >= 15 is 0 Å². The fourth-order valence-corrected chi connectivity index (χ4v) is 4.16. The molecule has 39 heavy (non-hydrogen) atoms. The van der Waals surface area contributed by atoms with Crippen LogP contribution < -0.4 is 16.4 Å². The van der Waals surface area contributed by atoms with Crippen LogP contribution in [0.1, 0.15) is 20.7 Å². The van der Waals surface area contributed by atoms with Crippen LogP contribution in [0.2, 0.25) is 0 Å². The van der Waals surface area contributed by atoms with E-state index < -0.39 is 11.8 Å². The van der Waals surface area contributed by atoms with Gasteiger partial charge in [-0.2, -0.15) is 0 Å². The second-order valence-electron chi connectivity index (χ2n) is 8.93. The third-order valence-electron chi connectivity index (χ3n) is 6.08. The maximum atomic E-state index is 13.3. The van der Waals surface area contributed by atoms with E-state index in [0.717, 1.165) is 22.3 Å². The molecule has 0 unspecified atom stereocenters. The van der Waals surface area contributed by atoms with E-state index in [4.69, 9.17) is 5.73 Å². The highest BCUT2D eigenvalue weighted by Crippen LogP contribution is 2.25. The number of benzene rings is 5. The van der Waals surface area contributed by atoms with Crippen molar-refractivity contribution in [2.45, 2.75) is 0 Å². The van der Waals surface area contributed by atoms with Crippen LogP contribution in [-0.4, -0.2) is 11.8 Å². The molecule has 192 valence electrons. The maximum Gasteiger partial charge on any atom is 0.255 e. The molecular formula is C32H23F2N3O2. The molecule has 7 heteroatoms. The molecule has 0 spiro atoms. The van der Waals surface area contributed by atoms with Gasteiger partial charge in [0.1, 0.15) is 11.6 Å². The Bertz CT molecular complexity index is 1550. The Hall–Kier alpha value is -5.30. The molecule has 0 aliphatic heterocycles. The maximum absolute atomic E-state index is 13.3. The molecule has 0 saturated carbocycles. The minimum atomic E-state index is -0.439. The first-order chi connectivity index (χ1) is 18.8. The lowest BCUT2D eigenvalue weighted by molar-refractivity contribution is 0.102. The second-order valence-corrected chi connectivity index (χ2v) is 8.93. The molecule has 0 heterocycles. The van der Waals surface area contributed by atoms with Gasteiger partial charge >= 0.3 is 0 Å². The van der Waals surface area contributed by atoms with E-state index in [-0.39, 0.29) is 28.4 Å². The van der Waals surface area contributed by atoms with Crippen molar-refractivity contribution < 1.29 is 18.4 Å². The first-order valence-corrected chi connectivity index (χ1v) is 12.1. The Morgan fingerprint density at radius 2 is 0.923 bits per heavy atom. The number of nitrogen functional groups attached to an aromatic ring is 1. The first-order valence-electron chi connectivity index (χ1n) is 12.1. The third kappa shape index (κ3) is 6.17. The molecule has 0 atom stereocenters. The van der Waals surface area contributed by atoms with E-state index in [2.05, 4.69) is 10.6 Å². The summed E-state index contributed by atoms with van der Waals surface area (Å²) in [5, 5.41) is 5.65. The Morgan fingerprint density at radius 1 is 0.513 bits per heavy atom. The molecule has 0 saturated heterocycles. The molecule has 4 N–H and O–H groups in total. The van der Waals surface area contributed by atoms with Crippen molar-refractivity contribution in [3.8, 4) is 22.3 Å². The van der Waals surface area contributed by atoms with E-state index in [1.165, 1.54) is 42.5 Å². The summed E-state index contributed by atoms with van der Waals surface area (Å²) < 4.78 is 26.6. The van der Waals surface area contributed by atoms with Gasteiger partial charge in [0.25, 0.3) is 11.8 Å². The van der Waals surface area contributed by atoms with E-state index in [0.29, 0.717) is 11.4 Å². The van der Waals surface area contributed by atoms with Gasteiger partial charge in [0, 0.05) is 28.2 Å². The van der Waals surface area contributed by atoms with Crippen LogP contribution in [0.5, 0.6) is 0 Å². The molecule has 5 nitrogen and oxygen atoms in total. The summed E-state index contributed by atoms with van der Waals surface area (Å²) in [6.45, 7) is 0. The van der Waals surface area contributed by atoms with Crippen LogP contribution in [0.15, 0.2) is 115 Å². The van der Waals surface area contributed by atoms with Crippen LogP contribution >= 0.6 is 0 Å². The quantitative estimate of drug-likeness (QED) is 0.205. The van der Waals surface area contributed by atoms with Gasteiger partial charge in [-0.1, -0.05) is 48.5 Å². The number of anilines is 3. The van der Waals surface area contributed by atoms with Crippen molar-refractivity contribution in [1.82, 2.24) is 0 Å². The minimum absolute atomic E-state index is 0.215. The number of carbonyl (C=O) groups excluding carboxylic acids is 2. The zero-order valence-corrected chi connectivity index (χ0v) is 20.6. The van der Waals surface area contributed by atoms with Crippen molar-refractivity contribution in [2.24, 2.45) is 0 Å². The molecular weight excluding hydrogens is 496 g/mol. The largest absolute Gasteiger partial charge is 0.399 e. The Morgan fingerprint density at radius 3 is 1.33 bits per heavy atom. The van der Waals surface area contributed by atoms with E-state index in [9.17, 15) is 18.4 Å². The predicted molar refractivity (Wildman–Crippen MR) is 150 cm³/mol. The molecule has 2 amide bonds. The molecule has 5 aromatic rings. The van der Waals surface area contributed by atoms with Gasteiger partial charge < -0.3 is 16.4 Å². The van der Waals surface area contributed by atoms with Crippen molar-refractivity contribution in [2.75, 3.05) is 16.4 Å². The number of halogens is 2. The molecule has 5 rings (SSSR count). The summed E-state index contributed by atoms with van der Waals surface area (Å²) >= 11 is 0. The van der Waals surface area contributed by atoms with Gasteiger partial charge in [-0.3, -0.25) is 9.59 Å². The number of amides is 2. The Labute approximate surface area is 223 Å². The molecule has 0 radical (unpaired) electrons. The molecule has 0 aliphatic rings. The predicted octanol–water partition coefficient (Wildman–Crippen LogP) is 7.39. The second kappa shape index (κ2) is 11.0. The van der Waals surface area contributed by atoms with Crippen molar-refractivity contribution in [3.05, 3.63) is 138 Å². The van der Waals surface area contributed by atoms with Gasteiger partial charge in [0.15, 0.2) is 0 Å². The first kappa shape index (κ1) is 25.4. The smallest absolute Gasteiger partial charge is 0.255 e. The van der Waals surface area contributed by atoms with Gasteiger partial charge in [0.2, 0.25) is 0 Å². The van der Waals surface area contributed by atoms with Gasteiger partial charge in [-0.15, -0.1) is 0 Å². The van der Waals surface area contributed by atoms with Crippen LogP contribution in [-0.2, 0) is 0 Å². The fraction of sp³-hybridized carbons (Fsp3) is 0. The van der Waals surface area contributed by atoms with Gasteiger partial charge in [0.05, 0.1) is 0 Å². The number of hydrogen-bond donors (Lipinski definition) is 3. The molecule has 0 aliphatic carbocycles. The average molecular weight is 520 g/mol. The zero-order valence-electron chi connectivity index (χ0n) is 20.6. The average Bonchev–Trinajstić information content (AvgIpc) is 2.94. The van der Waals surface area contributed by atoms with Gasteiger partial charge in [-0.25, -0.2) is 8.78 Å². The SMILES string of the molecule is Nc1cc(C(=O)Nc2cccc(-c3ccc(F)cc3)c2)cc(C(=O)Nc2cccc(-c3ccc(F)cc3)c2)c1. The molecule has 5 aromatic carbocycles. The molecule has 0 fully saturated rings. The van der Waals surface area contributed by atoms with Crippen LogP contribution in [0.25, 0.3) is 22.3 Å². The van der Waals surface area contributed by atoms with Crippen LogP contribution in [0, 0.1) is 11.6 Å². The number of carbonyl (C=O) groups is 2. The lowest BCUT2D eigenvalue weighted by Gasteiger charge is -2.11. The monoisotopic (exact) mass is 519 g/mol. The fourth-order valence-electron chi connectivity index (χ4n) is 4.16. The lowest BCUT2D eigenvalue weighted by atomic mass is 10.0. The minimum Gasteiger partial charge on any atom is -0.399 e. The van der Waals surface area contributed by atoms with Crippen molar-refractivity contribution >= 4 is 28.9 Å². The Kier molecular flexibility index (Phi) is 7.14. The summed E-state index contributed by atoms with van der Waals surface area (Å²) in [7, 11) is 0. The van der Waals surface area contributed by atoms with Crippen molar-refractivity contribution in [1.29, 1.82) is 0 Å². The number of nitrogens with one attached hydrogen (secondary N) is 2.